The van der Waals surface area contributed by atoms with Gasteiger partial charge in [-0.05, 0) is 24.3 Å². The van der Waals surface area contributed by atoms with Crippen LogP contribution in [0.3, 0.4) is 0 Å². The van der Waals surface area contributed by atoms with Crippen LogP contribution in [-0.4, -0.2) is 47.6 Å². The largest absolute Gasteiger partial charge is 0.334 e. The van der Waals surface area contributed by atoms with Crippen LogP contribution >= 0.6 is 0 Å². The number of rotatable bonds is 4. The molecule has 0 aliphatic carbocycles. The summed E-state index contributed by atoms with van der Waals surface area (Å²) in [4.78, 5) is 41.9. The molecule has 0 unspecified atom stereocenters. The zero-order chi connectivity index (χ0) is 18.8. The Hall–Kier alpha value is -3.88. The average molecular weight is 361 g/mol. The zero-order valence-electron chi connectivity index (χ0n) is 14.4. The van der Waals surface area contributed by atoms with E-state index in [0.717, 1.165) is 0 Å². The summed E-state index contributed by atoms with van der Waals surface area (Å²) in [6.45, 7) is 0.143. The first-order chi connectivity index (χ1) is 13.1. The van der Waals surface area contributed by atoms with Crippen LogP contribution in [0.2, 0.25) is 0 Å². The van der Waals surface area contributed by atoms with Crippen molar-refractivity contribution in [2.45, 2.75) is 6.54 Å². The van der Waals surface area contributed by atoms with E-state index in [1.165, 1.54) is 22.2 Å². The fraction of sp³-hybridized carbons (Fsp3) is 0.111. The highest BCUT2D eigenvalue weighted by Crippen LogP contribution is 2.13. The highest BCUT2D eigenvalue weighted by atomic mass is 16.2. The Bertz CT molecular complexity index is 1170. The Morgan fingerprint density at radius 2 is 2.07 bits per heavy atom. The van der Waals surface area contributed by atoms with E-state index in [-0.39, 0.29) is 18.0 Å². The molecule has 0 aliphatic rings. The van der Waals surface area contributed by atoms with Gasteiger partial charge < -0.3 is 9.88 Å². The zero-order valence-corrected chi connectivity index (χ0v) is 14.4. The predicted octanol–water partition coefficient (Wildman–Crippen LogP) is 1.17. The first-order valence-electron chi connectivity index (χ1n) is 8.17. The van der Waals surface area contributed by atoms with Gasteiger partial charge in [0, 0.05) is 13.2 Å². The number of H-pyrrole nitrogens is 1. The molecule has 1 aromatic carbocycles. The fourth-order valence-corrected chi connectivity index (χ4v) is 2.78. The monoisotopic (exact) mass is 361 g/mol. The molecule has 4 aromatic rings. The lowest BCUT2D eigenvalue weighted by molar-refractivity contribution is 0.0781. The van der Waals surface area contributed by atoms with Crippen molar-refractivity contribution in [3.05, 3.63) is 77.0 Å². The number of pyridine rings is 1. The van der Waals surface area contributed by atoms with Crippen molar-refractivity contribution in [1.82, 2.24) is 34.6 Å². The van der Waals surface area contributed by atoms with Gasteiger partial charge in [0.2, 0.25) is 0 Å². The maximum Gasteiger partial charge on any atom is 0.258 e. The third-order valence-electron chi connectivity index (χ3n) is 4.05. The van der Waals surface area contributed by atoms with E-state index >= 15 is 0 Å². The van der Waals surface area contributed by atoms with E-state index in [2.05, 4.69) is 25.0 Å². The quantitative estimate of drug-likeness (QED) is 0.584. The molecule has 0 saturated heterocycles. The highest BCUT2D eigenvalue weighted by Gasteiger charge is 2.19. The Balaban J connectivity index is 1.64. The van der Waals surface area contributed by atoms with Gasteiger partial charge in [-0.2, -0.15) is 5.10 Å². The van der Waals surface area contributed by atoms with Gasteiger partial charge in [0.15, 0.2) is 5.82 Å². The first kappa shape index (κ1) is 16.6. The molecular weight excluding hydrogens is 346 g/mol. The van der Waals surface area contributed by atoms with Gasteiger partial charge in [0.05, 0.1) is 23.0 Å². The molecule has 9 nitrogen and oxygen atoms in total. The molecule has 27 heavy (non-hydrogen) atoms. The van der Waals surface area contributed by atoms with Crippen molar-refractivity contribution in [3.8, 4) is 5.82 Å². The van der Waals surface area contributed by atoms with Crippen molar-refractivity contribution in [1.29, 1.82) is 0 Å². The number of nitrogens with one attached hydrogen (secondary N) is 1. The van der Waals surface area contributed by atoms with Crippen molar-refractivity contribution >= 4 is 16.8 Å². The van der Waals surface area contributed by atoms with Gasteiger partial charge in [0.25, 0.3) is 11.5 Å². The third-order valence-corrected chi connectivity index (χ3v) is 4.05. The van der Waals surface area contributed by atoms with Gasteiger partial charge in [-0.25, -0.2) is 19.6 Å². The second-order valence-corrected chi connectivity index (χ2v) is 5.91. The number of aromatic nitrogens is 6. The highest BCUT2D eigenvalue weighted by molar-refractivity contribution is 5.96. The molecule has 4 rings (SSSR count). The van der Waals surface area contributed by atoms with E-state index in [1.807, 2.05) is 6.07 Å². The molecule has 0 aliphatic heterocycles. The van der Waals surface area contributed by atoms with Crippen molar-refractivity contribution in [2.24, 2.45) is 0 Å². The Labute approximate surface area is 153 Å². The minimum atomic E-state index is -0.274. The van der Waals surface area contributed by atoms with Crippen LogP contribution in [0.1, 0.15) is 16.2 Å². The van der Waals surface area contributed by atoms with Crippen molar-refractivity contribution in [3.63, 3.8) is 0 Å². The average Bonchev–Trinajstić information content (AvgIpc) is 3.22. The minimum Gasteiger partial charge on any atom is -0.334 e. The molecule has 1 amide bonds. The molecule has 134 valence electrons. The molecule has 3 heterocycles. The summed E-state index contributed by atoms with van der Waals surface area (Å²) in [5, 5.41) is 4.54. The summed E-state index contributed by atoms with van der Waals surface area (Å²) in [6, 6.07) is 10.4. The summed E-state index contributed by atoms with van der Waals surface area (Å²) in [7, 11) is 1.63. The maximum absolute atomic E-state index is 12.9. The third kappa shape index (κ3) is 3.17. The van der Waals surface area contributed by atoms with Gasteiger partial charge in [0.1, 0.15) is 18.5 Å². The van der Waals surface area contributed by atoms with Crippen LogP contribution in [0.5, 0.6) is 0 Å². The van der Waals surface area contributed by atoms with Crippen molar-refractivity contribution < 1.29 is 4.79 Å². The van der Waals surface area contributed by atoms with Crippen LogP contribution in [0.25, 0.3) is 16.7 Å². The van der Waals surface area contributed by atoms with E-state index in [9.17, 15) is 9.59 Å². The number of para-hydroxylation sites is 1. The van der Waals surface area contributed by atoms with Crippen molar-refractivity contribution in [2.75, 3.05) is 7.05 Å². The summed E-state index contributed by atoms with van der Waals surface area (Å²) in [5.41, 5.74) is 0.719. The normalized spacial score (nSPS) is 10.9. The van der Waals surface area contributed by atoms with Gasteiger partial charge in [-0.3, -0.25) is 9.59 Å². The number of carbonyl (C=O) groups is 1. The number of hydrogen-bond donors (Lipinski definition) is 1. The van der Waals surface area contributed by atoms with Crippen LogP contribution < -0.4 is 5.56 Å². The number of nitrogens with zero attached hydrogens (tertiary/aromatic N) is 6. The topological polar surface area (TPSA) is 110 Å². The summed E-state index contributed by atoms with van der Waals surface area (Å²) in [6.07, 6.45) is 4.42. The molecule has 1 N–H and O–H groups in total. The number of carbonyl (C=O) groups excluding carboxylic acids is 1. The van der Waals surface area contributed by atoms with Gasteiger partial charge in [-0.1, -0.05) is 12.1 Å². The van der Waals surface area contributed by atoms with E-state index in [4.69, 9.17) is 0 Å². The van der Waals surface area contributed by atoms with Crippen LogP contribution in [0.15, 0.2) is 60.0 Å². The number of hydrogen-bond acceptors (Lipinski definition) is 6. The second-order valence-electron chi connectivity index (χ2n) is 5.91. The molecule has 0 saturated carbocycles. The Kier molecular flexibility index (Phi) is 4.17. The Morgan fingerprint density at radius 1 is 1.22 bits per heavy atom. The molecule has 3 aromatic heterocycles. The SMILES string of the molecule is CN(Cc1nc2ccccc2c(=O)[nH]1)C(=O)c1cccnc1-n1cncn1. The standard InChI is InChI=1S/C18H15N7O2/c1-24(9-15-22-14-7-3-2-5-12(14)17(26)23-15)18(27)13-6-4-8-20-16(13)25-11-19-10-21-25/h2-8,10-11H,9H2,1H3,(H,22,23,26). The van der Waals surface area contributed by atoms with Gasteiger partial charge >= 0.3 is 0 Å². The molecule has 0 bridgehead atoms. The molecule has 0 radical (unpaired) electrons. The molecule has 9 heteroatoms. The minimum absolute atomic E-state index is 0.143. The smallest absolute Gasteiger partial charge is 0.258 e. The lowest BCUT2D eigenvalue weighted by Crippen LogP contribution is -2.29. The van der Waals surface area contributed by atoms with E-state index in [1.54, 1.807) is 43.6 Å². The van der Waals surface area contributed by atoms with E-state index in [0.29, 0.717) is 28.1 Å². The number of benzene rings is 1. The lowest BCUT2D eigenvalue weighted by Gasteiger charge is -2.18. The van der Waals surface area contributed by atoms with Crippen LogP contribution in [0, 0.1) is 0 Å². The van der Waals surface area contributed by atoms with E-state index < -0.39 is 0 Å². The predicted molar refractivity (Wildman–Crippen MR) is 97.3 cm³/mol. The lowest BCUT2D eigenvalue weighted by atomic mass is 10.2. The number of fused-ring (bicyclic) bond motifs is 1. The first-order valence-corrected chi connectivity index (χ1v) is 8.17. The van der Waals surface area contributed by atoms with Gasteiger partial charge in [-0.15, -0.1) is 0 Å². The summed E-state index contributed by atoms with van der Waals surface area (Å²) >= 11 is 0. The van der Waals surface area contributed by atoms with Crippen LogP contribution in [-0.2, 0) is 6.54 Å². The summed E-state index contributed by atoms with van der Waals surface area (Å²) in [5.74, 6) is 0.511. The fourth-order valence-electron chi connectivity index (χ4n) is 2.78. The number of aromatic amines is 1. The molecule has 0 spiro atoms. The molecule has 0 fully saturated rings. The van der Waals surface area contributed by atoms with Crippen LogP contribution in [0.4, 0.5) is 0 Å². The number of amides is 1. The second kappa shape index (κ2) is 6.79. The Morgan fingerprint density at radius 3 is 2.89 bits per heavy atom. The maximum atomic E-state index is 12.9. The molecule has 0 atom stereocenters. The summed E-state index contributed by atoms with van der Waals surface area (Å²) < 4.78 is 1.43. The molecular formula is C18H15N7O2.